The van der Waals surface area contributed by atoms with Gasteiger partial charge in [-0.2, -0.15) is 10.1 Å². The predicted molar refractivity (Wildman–Crippen MR) is 68.0 cm³/mol. The summed E-state index contributed by atoms with van der Waals surface area (Å²) >= 11 is 0. The second-order valence-electron chi connectivity index (χ2n) is 3.62. The van der Waals surface area contributed by atoms with E-state index in [0.717, 1.165) is 0 Å². The van der Waals surface area contributed by atoms with E-state index in [4.69, 9.17) is 26.0 Å². The van der Waals surface area contributed by atoms with Gasteiger partial charge >= 0.3 is 17.7 Å². The number of nitrogens with zero attached hydrogens (tertiary/aromatic N) is 3. The zero-order valence-electron chi connectivity index (χ0n) is 11.4. The molecule has 0 aromatic heterocycles. The third kappa shape index (κ3) is 4.92. The summed E-state index contributed by atoms with van der Waals surface area (Å²) in [5, 5.41) is 8.89. The summed E-state index contributed by atoms with van der Waals surface area (Å²) in [6.07, 6.45) is 1.11. The maximum Gasteiger partial charge on any atom is 0.424 e. The Hall–Kier alpha value is -2.65. The molecule has 0 radical (unpaired) electrons. The highest BCUT2D eigenvalue weighted by atomic mass is 16.5. The molecule has 0 saturated carbocycles. The molecule has 0 rings (SSSR count). The van der Waals surface area contributed by atoms with Gasteiger partial charge < -0.3 is 20.7 Å². The van der Waals surface area contributed by atoms with Crippen LogP contribution in [0.5, 0.6) is 0 Å². The van der Waals surface area contributed by atoms with Gasteiger partial charge in [-0.15, -0.1) is 0 Å². The Morgan fingerprint density at radius 2 is 1.70 bits per heavy atom. The molecule has 0 saturated heterocycles. The van der Waals surface area contributed by atoms with Gasteiger partial charge in [0.2, 0.25) is 0 Å². The molecule has 0 aromatic carbocycles. The standard InChI is InChI=1S/C12H16N4O4/c1-3-5-19-11(17)8(7-13)9(14)10(16-15)12(18)20-6-4-2/h3-6,14H2,1-2H3/b9-8-. The molecule has 0 fully saturated rings. The molecule has 108 valence electrons. The van der Waals surface area contributed by atoms with E-state index in [9.17, 15) is 9.59 Å². The molecule has 2 N–H and O–H groups in total. The van der Waals surface area contributed by atoms with E-state index in [1.54, 1.807) is 13.8 Å². The van der Waals surface area contributed by atoms with E-state index in [2.05, 4.69) is 4.79 Å². The summed E-state index contributed by atoms with van der Waals surface area (Å²) < 4.78 is 9.45. The van der Waals surface area contributed by atoms with E-state index in [1.165, 1.54) is 6.07 Å². The molecular formula is C12H16N4O4. The first-order valence-electron chi connectivity index (χ1n) is 5.99. The molecule has 20 heavy (non-hydrogen) atoms. The van der Waals surface area contributed by atoms with Crippen LogP contribution in [0.1, 0.15) is 26.7 Å². The van der Waals surface area contributed by atoms with E-state index < -0.39 is 28.9 Å². The van der Waals surface area contributed by atoms with Gasteiger partial charge in [0.15, 0.2) is 11.3 Å². The van der Waals surface area contributed by atoms with Crippen LogP contribution in [-0.4, -0.2) is 35.7 Å². The maximum atomic E-state index is 11.6. The third-order valence-electron chi connectivity index (χ3n) is 2.01. The SMILES string of the molecule is CCCOC(=O)C(=[N+]=[N-])/C(N)=C(\C#N)C(=O)OCCC. The topological polar surface area (TPSA) is 139 Å². The first-order chi connectivity index (χ1) is 9.53. The normalized spacial score (nSPS) is 10.7. The average Bonchev–Trinajstić information content (AvgIpc) is 2.44. The van der Waals surface area contributed by atoms with Crippen LogP contribution in [0.25, 0.3) is 5.53 Å². The summed E-state index contributed by atoms with van der Waals surface area (Å²) in [5.74, 6) is -2.01. The lowest BCUT2D eigenvalue weighted by molar-refractivity contribution is -0.140. The zero-order chi connectivity index (χ0) is 15.5. The summed E-state index contributed by atoms with van der Waals surface area (Å²) in [6, 6.07) is 1.52. The molecule has 0 unspecified atom stereocenters. The molecule has 0 bridgehead atoms. The number of hydrogen-bond donors (Lipinski definition) is 1. The maximum absolute atomic E-state index is 11.6. The summed E-state index contributed by atoms with van der Waals surface area (Å²) in [6.45, 7) is 3.73. The van der Waals surface area contributed by atoms with Gasteiger partial charge in [0.25, 0.3) is 0 Å². The van der Waals surface area contributed by atoms with Crippen LogP contribution in [0, 0.1) is 11.3 Å². The van der Waals surface area contributed by atoms with Crippen LogP contribution in [0.15, 0.2) is 11.3 Å². The number of hydrogen-bond acceptors (Lipinski definition) is 6. The number of nitrogens with two attached hydrogens (primary N) is 1. The molecule has 0 aliphatic heterocycles. The first-order valence-corrected chi connectivity index (χ1v) is 5.99. The highest BCUT2D eigenvalue weighted by molar-refractivity contribution is 6.41. The zero-order valence-corrected chi connectivity index (χ0v) is 11.4. The highest BCUT2D eigenvalue weighted by Crippen LogP contribution is 2.04. The Bertz CT molecular complexity index is 498. The predicted octanol–water partition coefficient (Wildman–Crippen LogP) is 0.300. The Morgan fingerprint density at radius 1 is 1.20 bits per heavy atom. The van der Waals surface area contributed by atoms with Gasteiger partial charge in [0, 0.05) is 0 Å². The minimum absolute atomic E-state index is 0.0906. The van der Waals surface area contributed by atoms with Crippen molar-refractivity contribution in [3.63, 3.8) is 0 Å². The molecule has 0 aliphatic rings. The average molecular weight is 280 g/mol. The highest BCUT2D eigenvalue weighted by Gasteiger charge is 2.31. The number of ether oxygens (including phenoxy) is 2. The third-order valence-corrected chi connectivity index (χ3v) is 2.01. The van der Waals surface area contributed by atoms with E-state index in [-0.39, 0.29) is 13.2 Å². The molecule has 8 heteroatoms. The molecule has 0 spiro atoms. The largest absolute Gasteiger partial charge is 0.462 e. The van der Waals surface area contributed by atoms with Gasteiger partial charge in [-0.05, 0) is 12.8 Å². The summed E-state index contributed by atoms with van der Waals surface area (Å²) in [5.41, 5.74) is 12.4. The fourth-order valence-electron chi connectivity index (χ4n) is 1.07. The van der Waals surface area contributed by atoms with E-state index >= 15 is 0 Å². The lowest BCUT2D eigenvalue weighted by atomic mass is 10.1. The van der Waals surface area contributed by atoms with Crippen molar-refractivity contribution in [1.82, 2.24) is 0 Å². The van der Waals surface area contributed by atoms with Crippen molar-refractivity contribution in [2.45, 2.75) is 26.7 Å². The molecule has 0 heterocycles. The number of carbonyl (C=O) groups excluding carboxylic acids is 2. The molecule has 0 aliphatic carbocycles. The Labute approximate surface area is 116 Å². The van der Waals surface area contributed by atoms with Crippen molar-refractivity contribution in [3.8, 4) is 6.07 Å². The second kappa shape index (κ2) is 9.30. The van der Waals surface area contributed by atoms with Crippen LogP contribution >= 0.6 is 0 Å². The minimum atomic E-state index is -1.03. The number of rotatable bonds is 7. The van der Waals surface area contributed by atoms with Crippen molar-refractivity contribution in [1.29, 1.82) is 5.26 Å². The van der Waals surface area contributed by atoms with Crippen molar-refractivity contribution in [2.75, 3.05) is 13.2 Å². The van der Waals surface area contributed by atoms with Gasteiger partial charge in [-0.3, -0.25) is 0 Å². The molecular weight excluding hydrogens is 264 g/mol. The first kappa shape index (κ1) is 17.4. The quantitative estimate of drug-likeness (QED) is 0.178. The molecule has 8 nitrogen and oxygen atoms in total. The van der Waals surface area contributed by atoms with Gasteiger partial charge in [-0.1, -0.05) is 13.8 Å². The van der Waals surface area contributed by atoms with Crippen LogP contribution in [0.2, 0.25) is 0 Å². The minimum Gasteiger partial charge on any atom is -0.462 e. The number of nitriles is 1. The molecule has 0 atom stereocenters. The van der Waals surface area contributed by atoms with Crippen LogP contribution in [0.4, 0.5) is 0 Å². The Kier molecular flexibility index (Phi) is 8.07. The van der Waals surface area contributed by atoms with Crippen molar-refractivity contribution in [2.24, 2.45) is 5.73 Å². The fraction of sp³-hybridized carbons (Fsp3) is 0.500. The van der Waals surface area contributed by atoms with Crippen molar-refractivity contribution >= 4 is 17.7 Å². The second-order valence-corrected chi connectivity index (χ2v) is 3.62. The molecule has 0 amide bonds. The lowest BCUT2D eigenvalue weighted by Gasteiger charge is -2.03. The van der Waals surface area contributed by atoms with Gasteiger partial charge in [0.05, 0.1) is 13.2 Å². The van der Waals surface area contributed by atoms with Gasteiger partial charge in [-0.25, -0.2) is 9.59 Å². The Balaban J connectivity index is 5.30. The van der Waals surface area contributed by atoms with Crippen LogP contribution in [0.3, 0.4) is 0 Å². The van der Waals surface area contributed by atoms with Crippen molar-refractivity contribution < 1.29 is 23.9 Å². The lowest BCUT2D eigenvalue weighted by Crippen LogP contribution is -2.28. The Morgan fingerprint density at radius 3 is 2.10 bits per heavy atom. The fourth-order valence-corrected chi connectivity index (χ4v) is 1.07. The number of carbonyl (C=O) groups is 2. The van der Waals surface area contributed by atoms with Crippen LogP contribution in [-0.2, 0) is 19.1 Å². The summed E-state index contributed by atoms with van der Waals surface area (Å²) in [4.78, 5) is 25.8. The smallest absolute Gasteiger partial charge is 0.424 e. The monoisotopic (exact) mass is 280 g/mol. The summed E-state index contributed by atoms with van der Waals surface area (Å²) in [7, 11) is 0. The molecule has 0 aromatic rings. The van der Waals surface area contributed by atoms with E-state index in [0.29, 0.717) is 12.8 Å². The van der Waals surface area contributed by atoms with Crippen LogP contribution < -0.4 is 5.73 Å². The van der Waals surface area contributed by atoms with E-state index in [1.807, 2.05) is 0 Å². The van der Waals surface area contributed by atoms with Crippen molar-refractivity contribution in [3.05, 3.63) is 16.8 Å². The van der Waals surface area contributed by atoms with Gasteiger partial charge in [0.1, 0.15) is 6.07 Å². The number of esters is 2.